The Morgan fingerprint density at radius 2 is 2.00 bits per heavy atom. The van der Waals surface area contributed by atoms with E-state index in [0.717, 1.165) is 10.9 Å². The van der Waals surface area contributed by atoms with E-state index in [-0.39, 0.29) is 19.5 Å². The highest BCUT2D eigenvalue weighted by Gasteiger charge is 2.36. The minimum atomic E-state index is -0.870. The fourth-order valence-corrected chi connectivity index (χ4v) is 3.18. The van der Waals surface area contributed by atoms with E-state index >= 15 is 0 Å². The smallest absolute Gasteiger partial charge is 0.345 e. The second kappa shape index (κ2) is 7.64. The number of aromatic nitrogens is 8. The third-order valence-corrected chi connectivity index (χ3v) is 4.70. The highest BCUT2D eigenvalue weighted by Crippen LogP contribution is 2.28. The normalized spacial score (nSPS) is 21.2. The van der Waals surface area contributed by atoms with Gasteiger partial charge in [0.25, 0.3) is 11.1 Å². The molecular weight excluding hydrogens is 400 g/mol. The number of aryl methyl sites for hydroxylation is 1. The molecule has 0 aliphatic carbocycles. The second-order valence-corrected chi connectivity index (χ2v) is 6.94. The van der Waals surface area contributed by atoms with Crippen molar-refractivity contribution in [2.45, 2.75) is 44.9 Å². The first kappa shape index (κ1) is 19.7. The molecule has 0 radical (unpaired) electrons. The summed E-state index contributed by atoms with van der Waals surface area (Å²) in [6.07, 6.45) is 1.81. The van der Waals surface area contributed by atoms with Gasteiger partial charge in [-0.3, -0.25) is 24.1 Å². The molecule has 1 aliphatic rings. The standard InChI is InChI=1S/C16H18N8O6/c1-8-4-23(15(28)19-14(8)27)13-2-10(25)11(30-13)7-22-5-9(20-21-22)6-24-16(29)18-12(26)3-17-24/h3-5,10-11,13,25H,2,6-7H2,1H3,(H,18,26,29)(H,19,27,28). The predicted octanol–water partition coefficient (Wildman–Crippen LogP) is -2.92. The molecule has 3 N–H and O–H groups in total. The molecule has 14 heteroatoms. The highest BCUT2D eigenvalue weighted by molar-refractivity contribution is 5.02. The van der Waals surface area contributed by atoms with Crippen LogP contribution in [0.1, 0.15) is 23.9 Å². The Balaban J connectivity index is 1.46. The third-order valence-electron chi connectivity index (χ3n) is 4.70. The maximum Gasteiger partial charge on any atom is 0.345 e. The van der Waals surface area contributed by atoms with E-state index in [1.807, 2.05) is 0 Å². The van der Waals surface area contributed by atoms with Gasteiger partial charge < -0.3 is 9.84 Å². The number of H-pyrrole nitrogens is 2. The van der Waals surface area contributed by atoms with Crippen molar-refractivity contribution in [1.82, 2.24) is 39.3 Å². The van der Waals surface area contributed by atoms with Crippen molar-refractivity contribution in [2.24, 2.45) is 0 Å². The van der Waals surface area contributed by atoms with Gasteiger partial charge in [0.05, 0.1) is 25.4 Å². The number of aliphatic hydroxyl groups is 1. The average Bonchev–Trinajstić information content (AvgIpc) is 3.27. The predicted molar refractivity (Wildman–Crippen MR) is 98.8 cm³/mol. The Morgan fingerprint density at radius 3 is 2.77 bits per heavy atom. The number of aromatic amines is 2. The van der Waals surface area contributed by atoms with E-state index in [1.165, 1.54) is 15.4 Å². The van der Waals surface area contributed by atoms with Gasteiger partial charge in [-0.1, -0.05) is 5.21 Å². The summed E-state index contributed by atoms with van der Waals surface area (Å²) in [5, 5.41) is 21.9. The van der Waals surface area contributed by atoms with Crippen molar-refractivity contribution >= 4 is 0 Å². The van der Waals surface area contributed by atoms with Gasteiger partial charge in [0.1, 0.15) is 24.2 Å². The molecule has 3 unspecified atom stereocenters. The lowest BCUT2D eigenvalue weighted by Gasteiger charge is -2.16. The van der Waals surface area contributed by atoms with Gasteiger partial charge in [0, 0.05) is 18.2 Å². The zero-order chi connectivity index (χ0) is 21.4. The molecular formula is C16H18N8O6. The molecule has 3 aromatic rings. The summed E-state index contributed by atoms with van der Waals surface area (Å²) in [7, 11) is 0. The number of aliphatic hydroxyl groups excluding tert-OH is 1. The zero-order valence-electron chi connectivity index (χ0n) is 15.8. The fourth-order valence-electron chi connectivity index (χ4n) is 3.18. The molecule has 158 valence electrons. The average molecular weight is 418 g/mol. The van der Waals surface area contributed by atoms with Gasteiger partial charge in [0.2, 0.25) is 0 Å². The molecule has 1 saturated heterocycles. The van der Waals surface area contributed by atoms with Crippen molar-refractivity contribution in [1.29, 1.82) is 0 Å². The van der Waals surface area contributed by atoms with Crippen LogP contribution in [-0.2, 0) is 17.8 Å². The molecule has 4 heterocycles. The third kappa shape index (κ3) is 3.90. The Kier molecular flexibility index (Phi) is 5.01. The monoisotopic (exact) mass is 418 g/mol. The minimum Gasteiger partial charge on any atom is -0.390 e. The van der Waals surface area contributed by atoms with E-state index in [9.17, 15) is 24.3 Å². The number of nitrogens with zero attached hydrogens (tertiary/aromatic N) is 6. The van der Waals surface area contributed by atoms with E-state index < -0.39 is 40.9 Å². The van der Waals surface area contributed by atoms with Gasteiger partial charge >= 0.3 is 11.4 Å². The summed E-state index contributed by atoms with van der Waals surface area (Å²) in [6, 6.07) is 0. The first-order valence-electron chi connectivity index (χ1n) is 9.01. The summed E-state index contributed by atoms with van der Waals surface area (Å²) >= 11 is 0. The Bertz CT molecular complexity index is 1300. The maximum atomic E-state index is 12.0. The molecule has 14 nitrogen and oxygen atoms in total. The fraction of sp³-hybridized carbons (Fsp3) is 0.438. The second-order valence-electron chi connectivity index (χ2n) is 6.94. The van der Waals surface area contributed by atoms with Gasteiger partial charge in [-0.25, -0.2) is 19.0 Å². The molecule has 0 saturated carbocycles. The quantitative estimate of drug-likeness (QED) is 0.391. The lowest BCUT2D eigenvalue weighted by atomic mass is 10.2. The van der Waals surface area contributed by atoms with Crippen LogP contribution in [-0.4, -0.2) is 56.6 Å². The number of rotatable bonds is 5. The van der Waals surface area contributed by atoms with Crippen LogP contribution in [0, 0.1) is 6.92 Å². The Hall–Kier alpha value is -3.65. The Morgan fingerprint density at radius 1 is 1.20 bits per heavy atom. The van der Waals surface area contributed by atoms with Crippen LogP contribution in [0.5, 0.6) is 0 Å². The molecule has 1 fully saturated rings. The van der Waals surface area contributed by atoms with Gasteiger partial charge in [0.15, 0.2) is 0 Å². The largest absolute Gasteiger partial charge is 0.390 e. The van der Waals surface area contributed by atoms with Crippen LogP contribution in [0.15, 0.2) is 37.8 Å². The summed E-state index contributed by atoms with van der Waals surface area (Å²) in [6.45, 7) is 1.71. The van der Waals surface area contributed by atoms with E-state index in [1.54, 1.807) is 13.1 Å². The van der Waals surface area contributed by atoms with Crippen LogP contribution in [0.25, 0.3) is 0 Å². The molecule has 0 aromatic carbocycles. The van der Waals surface area contributed by atoms with Gasteiger partial charge in [-0.15, -0.1) is 5.10 Å². The van der Waals surface area contributed by atoms with Crippen LogP contribution in [0.4, 0.5) is 0 Å². The zero-order valence-corrected chi connectivity index (χ0v) is 15.8. The molecule has 0 bridgehead atoms. The minimum absolute atomic E-state index is 0.00162. The highest BCUT2D eigenvalue weighted by atomic mass is 16.5. The lowest BCUT2D eigenvalue weighted by molar-refractivity contribution is -0.0302. The first-order chi connectivity index (χ1) is 14.3. The molecule has 1 aliphatic heterocycles. The van der Waals surface area contributed by atoms with Crippen LogP contribution in [0.3, 0.4) is 0 Å². The number of hydrogen-bond donors (Lipinski definition) is 3. The molecule has 3 atom stereocenters. The van der Waals surface area contributed by atoms with Crippen molar-refractivity contribution in [3.05, 3.63) is 71.5 Å². The molecule has 0 amide bonds. The van der Waals surface area contributed by atoms with E-state index in [2.05, 4.69) is 25.4 Å². The molecule has 30 heavy (non-hydrogen) atoms. The van der Waals surface area contributed by atoms with Gasteiger partial charge in [-0.05, 0) is 6.92 Å². The van der Waals surface area contributed by atoms with Crippen LogP contribution >= 0.6 is 0 Å². The first-order valence-corrected chi connectivity index (χ1v) is 9.01. The number of ether oxygens (including phenoxy) is 1. The van der Waals surface area contributed by atoms with Crippen molar-refractivity contribution in [3.8, 4) is 0 Å². The van der Waals surface area contributed by atoms with Crippen molar-refractivity contribution in [3.63, 3.8) is 0 Å². The van der Waals surface area contributed by atoms with Crippen LogP contribution < -0.4 is 22.5 Å². The SMILES string of the molecule is Cc1cn(C2CC(O)C(Cn3cc(Cn4ncc(=O)[nH]c4=O)nn3)O2)c(=O)[nH]c1=O. The van der Waals surface area contributed by atoms with Crippen molar-refractivity contribution in [2.75, 3.05) is 0 Å². The van der Waals surface area contributed by atoms with E-state index in [0.29, 0.717) is 11.3 Å². The van der Waals surface area contributed by atoms with Gasteiger partial charge in [-0.2, -0.15) is 5.10 Å². The Labute approximate surface area is 166 Å². The van der Waals surface area contributed by atoms with E-state index in [4.69, 9.17) is 4.74 Å². The van der Waals surface area contributed by atoms with Crippen LogP contribution in [0.2, 0.25) is 0 Å². The molecule has 4 rings (SSSR count). The molecule has 0 spiro atoms. The maximum absolute atomic E-state index is 12.0. The summed E-state index contributed by atoms with van der Waals surface area (Å²) in [5.74, 6) is 0. The summed E-state index contributed by atoms with van der Waals surface area (Å²) < 4.78 is 9.49. The summed E-state index contributed by atoms with van der Waals surface area (Å²) in [4.78, 5) is 50.6. The number of hydrogen-bond acceptors (Lipinski definition) is 9. The topological polar surface area (TPSA) is 183 Å². The number of nitrogens with one attached hydrogen (secondary N) is 2. The lowest BCUT2D eigenvalue weighted by Crippen LogP contribution is -2.33. The van der Waals surface area contributed by atoms with Crippen molar-refractivity contribution < 1.29 is 9.84 Å². The molecule has 3 aromatic heterocycles. The summed E-state index contributed by atoms with van der Waals surface area (Å²) in [5.41, 5.74) is -1.60.